The summed E-state index contributed by atoms with van der Waals surface area (Å²) in [4.78, 5) is 4.96. The number of nitrogens with zero attached hydrogens (tertiary/aromatic N) is 1. The third-order valence-corrected chi connectivity index (χ3v) is 2.59. The molecule has 1 nitrogen and oxygen atoms in total. The summed E-state index contributed by atoms with van der Waals surface area (Å²) in [7, 11) is 0. The van der Waals surface area contributed by atoms with E-state index in [1.165, 1.54) is 5.56 Å². The Hall–Kier alpha value is -1.54. The molecule has 0 N–H and O–H groups in total. The first kappa shape index (κ1) is 9.99. The largest absolute Gasteiger partial charge is 0.265 e. The van der Waals surface area contributed by atoms with Crippen molar-refractivity contribution >= 4 is 17.1 Å². The number of rotatable bonds is 3. The highest BCUT2D eigenvalue weighted by molar-refractivity contribution is 7.80. The van der Waals surface area contributed by atoms with Crippen molar-refractivity contribution in [3.8, 4) is 0 Å². The van der Waals surface area contributed by atoms with Crippen molar-refractivity contribution in [2.45, 2.75) is 6.42 Å². The van der Waals surface area contributed by atoms with Crippen molar-refractivity contribution < 1.29 is 0 Å². The van der Waals surface area contributed by atoms with E-state index in [-0.39, 0.29) is 0 Å². The molecule has 0 atom stereocenters. The molecule has 0 radical (unpaired) electrons. The predicted octanol–water partition coefficient (Wildman–Crippen LogP) is 3.04. The van der Waals surface area contributed by atoms with Gasteiger partial charge in [0.1, 0.15) is 0 Å². The van der Waals surface area contributed by atoms with Crippen LogP contribution in [0.4, 0.5) is 0 Å². The summed E-state index contributed by atoms with van der Waals surface area (Å²) in [5.41, 5.74) is 2.34. The fraction of sp³-hybridized carbons (Fsp3) is 0.0769. The minimum atomic E-state index is 0.807. The van der Waals surface area contributed by atoms with Crippen molar-refractivity contribution in [1.29, 1.82) is 0 Å². The Bertz CT molecular complexity index is 437. The van der Waals surface area contributed by atoms with E-state index in [1.54, 1.807) is 12.4 Å². The first-order valence-corrected chi connectivity index (χ1v) is 5.24. The molecule has 0 amide bonds. The van der Waals surface area contributed by atoms with Gasteiger partial charge in [-0.1, -0.05) is 42.5 Å². The van der Waals surface area contributed by atoms with Crippen molar-refractivity contribution in [1.82, 2.24) is 4.98 Å². The van der Waals surface area contributed by atoms with E-state index in [1.807, 2.05) is 42.5 Å². The SMILES string of the molecule is S=C(Cc1ccncc1)c1ccccc1. The summed E-state index contributed by atoms with van der Waals surface area (Å²) in [5, 5.41) is 0. The zero-order valence-corrected chi connectivity index (χ0v) is 9.08. The monoisotopic (exact) mass is 213 g/mol. The minimum absolute atomic E-state index is 0.807. The predicted molar refractivity (Wildman–Crippen MR) is 66.1 cm³/mol. The van der Waals surface area contributed by atoms with Crippen LogP contribution in [0.5, 0.6) is 0 Å². The zero-order valence-electron chi connectivity index (χ0n) is 8.26. The molecule has 2 rings (SSSR count). The van der Waals surface area contributed by atoms with Crippen molar-refractivity contribution in [2.24, 2.45) is 0 Å². The number of pyridine rings is 1. The maximum absolute atomic E-state index is 5.38. The van der Waals surface area contributed by atoms with Crippen molar-refractivity contribution in [2.75, 3.05) is 0 Å². The van der Waals surface area contributed by atoms with Crippen LogP contribution in [0, 0.1) is 0 Å². The second kappa shape index (κ2) is 4.80. The van der Waals surface area contributed by atoms with Crippen LogP contribution >= 0.6 is 12.2 Å². The number of hydrogen-bond donors (Lipinski definition) is 0. The van der Waals surface area contributed by atoms with Gasteiger partial charge in [-0.05, 0) is 23.3 Å². The minimum Gasteiger partial charge on any atom is -0.265 e. The molecule has 15 heavy (non-hydrogen) atoms. The summed E-state index contributed by atoms with van der Waals surface area (Å²) in [5.74, 6) is 0. The molecule has 1 aromatic carbocycles. The highest BCUT2D eigenvalue weighted by Gasteiger charge is 2.01. The third kappa shape index (κ3) is 2.70. The molecule has 1 heterocycles. The summed E-state index contributed by atoms with van der Waals surface area (Å²) < 4.78 is 0. The van der Waals surface area contributed by atoms with E-state index in [4.69, 9.17) is 12.2 Å². The molecule has 0 bridgehead atoms. The Morgan fingerprint density at radius 1 is 1.00 bits per heavy atom. The molecule has 0 spiro atoms. The first-order chi connectivity index (χ1) is 7.36. The van der Waals surface area contributed by atoms with Gasteiger partial charge < -0.3 is 0 Å². The smallest absolute Gasteiger partial charge is 0.0270 e. The third-order valence-electron chi connectivity index (χ3n) is 2.21. The van der Waals surface area contributed by atoms with Gasteiger partial charge in [0, 0.05) is 23.7 Å². The number of benzene rings is 1. The number of thiocarbonyl (C=S) groups is 1. The van der Waals surface area contributed by atoms with Gasteiger partial charge in [0.2, 0.25) is 0 Å². The van der Waals surface area contributed by atoms with Gasteiger partial charge in [0.25, 0.3) is 0 Å². The summed E-state index contributed by atoms with van der Waals surface area (Å²) in [6.07, 6.45) is 4.40. The van der Waals surface area contributed by atoms with Gasteiger partial charge in [-0.3, -0.25) is 4.98 Å². The van der Waals surface area contributed by atoms with Crippen LogP contribution in [0.2, 0.25) is 0 Å². The average Bonchev–Trinajstić information content (AvgIpc) is 2.31. The van der Waals surface area contributed by atoms with Crippen molar-refractivity contribution in [3.05, 3.63) is 66.0 Å². The number of hydrogen-bond acceptors (Lipinski definition) is 2. The van der Waals surface area contributed by atoms with E-state index < -0.39 is 0 Å². The Kier molecular flexibility index (Phi) is 3.20. The Morgan fingerprint density at radius 3 is 2.33 bits per heavy atom. The van der Waals surface area contributed by atoms with Crippen LogP contribution < -0.4 is 0 Å². The maximum atomic E-state index is 5.38. The summed E-state index contributed by atoms with van der Waals surface area (Å²) >= 11 is 5.38. The normalized spacial score (nSPS) is 9.87. The molecule has 0 aliphatic heterocycles. The Morgan fingerprint density at radius 2 is 1.67 bits per heavy atom. The van der Waals surface area contributed by atoms with E-state index in [9.17, 15) is 0 Å². The van der Waals surface area contributed by atoms with Gasteiger partial charge >= 0.3 is 0 Å². The fourth-order valence-electron chi connectivity index (χ4n) is 1.41. The van der Waals surface area contributed by atoms with Gasteiger partial charge in [-0.15, -0.1) is 0 Å². The lowest BCUT2D eigenvalue weighted by Gasteiger charge is -2.03. The highest BCUT2D eigenvalue weighted by Crippen LogP contribution is 2.07. The molecule has 0 aliphatic rings. The van der Waals surface area contributed by atoms with Gasteiger partial charge in [-0.25, -0.2) is 0 Å². The van der Waals surface area contributed by atoms with Crippen molar-refractivity contribution in [3.63, 3.8) is 0 Å². The highest BCUT2D eigenvalue weighted by atomic mass is 32.1. The molecule has 0 fully saturated rings. The van der Waals surface area contributed by atoms with Crippen LogP contribution in [0.25, 0.3) is 0 Å². The lowest BCUT2D eigenvalue weighted by atomic mass is 10.1. The van der Waals surface area contributed by atoms with E-state index in [0.29, 0.717) is 0 Å². The molecule has 74 valence electrons. The second-order valence-electron chi connectivity index (χ2n) is 3.32. The topological polar surface area (TPSA) is 12.9 Å². The zero-order chi connectivity index (χ0) is 10.5. The van der Waals surface area contributed by atoms with Gasteiger partial charge in [0.15, 0.2) is 0 Å². The molecule has 1 aromatic heterocycles. The number of aromatic nitrogens is 1. The fourth-order valence-corrected chi connectivity index (χ4v) is 1.71. The second-order valence-corrected chi connectivity index (χ2v) is 3.81. The molecular weight excluding hydrogens is 202 g/mol. The Balaban J connectivity index is 2.12. The molecule has 0 unspecified atom stereocenters. The molecular formula is C13H11NS. The van der Waals surface area contributed by atoms with E-state index in [2.05, 4.69) is 4.98 Å². The van der Waals surface area contributed by atoms with E-state index in [0.717, 1.165) is 16.8 Å². The lowest BCUT2D eigenvalue weighted by molar-refractivity contribution is 1.25. The summed E-state index contributed by atoms with van der Waals surface area (Å²) in [6.45, 7) is 0. The van der Waals surface area contributed by atoms with Gasteiger partial charge in [0.05, 0.1) is 0 Å². The van der Waals surface area contributed by atoms with Crippen LogP contribution in [-0.2, 0) is 6.42 Å². The lowest BCUT2D eigenvalue weighted by Crippen LogP contribution is -2.01. The van der Waals surface area contributed by atoms with Gasteiger partial charge in [-0.2, -0.15) is 0 Å². The molecule has 0 saturated heterocycles. The van der Waals surface area contributed by atoms with Crippen LogP contribution in [0.3, 0.4) is 0 Å². The molecule has 0 aliphatic carbocycles. The molecule has 0 saturated carbocycles. The van der Waals surface area contributed by atoms with Crippen LogP contribution in [0.1, 0.15) is 11.1 Å². The molecule has 2 heteroatoms. The average molecular weight is 213 g/mol. The first-order valence-electron chi connectivity index (χ1n) is 4.83. The Labute approximate surface area is 94.8 Å². The quantitative estimate of drug-likeness (QED) is 0.574. The maximum Gasteiger partial charge on any atom is 0.0270 e. The van der Waals surface area contributed by atoms with E-state index >= 15 is 0 Å². The van der Waals surface area contributed by atoms with Crippen LogP contribution in [0.15, 0.2) is 54.9 Å². The molecule has 2 aromatic rings. The summed E-state index contributed by atoms with van der Waals surface area (Å²) in [6, 6.07) is 14.1. The van der Waals surface area contributed by atoms with Crippen LogP contribution in [-0.4, -0.2) is 9.85 Å². The standard InChI is InChI=1S/C13H11NS/c15-13(12-4-2-1-3-5-12)10-11-6-8-14-9-7-11/h1-9H,10H2.